The fraction of sp³-hybridized carbons (Fsp3) is 0.538. The summed E-state index contributed by atoms with van der Waals surface area (Å²) in [5.74, 6) is 0.615. The molecule has 1 aromatic carbocycles. The summed E-state index contributed by atoms with van der Waals surface area (Å²) in [6.07, 6.45) is 3.82. The smallest absolute Gasteiger partial charge is 0.294 e. The van der Waals surface area contributed by atoms with Gasteiger partial charge in [-0.1, -0.05) is 6.42 Å². The van der Waals surface area contributed by atoms with Crippen molar-refractivity contribution in [3.63, 3.8) is 0 Å². The summed E-state index contributed by atoms with van der Waals surface area (Å²) in [4.78, 5) is 2.26. The fourth-order valence-corrected chi connectivity index (χ4v) is 2.66. The summed E-state index contributed by atoms with van der Waals surface area (Å²) in [7, 11) is -4.12. The van der Waals surface area contributed by atoms with Crippen LogP contribution < -0.4 is 4.74 Å². The maximum absolute atomic E-state index is 10.9. The Labute approximate surface area is 113 Å². The molecule has 0 saturated carbocycles. The molecular formula is C13H19NO4S. The van der Waals surface area contributed by atoms with Gasteiger partial charge in [0.1, 0.15) is 12.4 Å². The Bertz CT molecular complexity index is 492. The number of ether oxygens (including phenoxy) is 1. The fourth-order valence-electron chi connectivity index (χ4n) is 2.18. The van der Waals surface area contributed by atoms with Gasteiger partial charge in [-0.3, -0.25) is 9.45 Å². The maximum atomic E-state index is 10.9. The molecule has 0 bridgehead atoms. The highest BCUT2D eigenvalue weighted by Crippen LogP contribution is 2.16. The first-order valence-electron chi connectivity index (χ1n) is 6.48. The van der Waals surface area contributed by atoms with Crippen LogP contribution in [0.5, 0.6) is 5.75 Å². The molecule has 1 N–H and O–H groups in total. The predicted molar refractivity (Wildman–Crippen MR) is 72.0 cm³/mol. The topological polar surface area (TPSA) is 66.8 Å². The second-order valence-electron chi connectivity index (χ2n) is 4.70. The van der Waals surface area contributed by atoms with Crippen molar-refractivity contribution in [3.8, 4) is 5.75 Å². The Balaban J connectivity index is 1.80. The minimum atomic E-state index is -4.12. The van der Waals surface area contributed by atoms with E-state index in [0.29, 0.717) is 12.4 Å². The maximum Gasteiger partial charge on any atom is 0.294 e. The quantitative estimate of drug-likeness (QED) is 0.836. The summed E-state index contributed by atoms with van der Waals surface area (Å²) in [6.45, 7) is 3.74. The van der Waals surface area contributed by atoms with Gasteiger partial charge in [-0.15, -0.1) is 0 Å². The first kappa shape index (κ1) is 14.3. The summed E-state index contributed by atoms with van der Waals surface area (Å²) >= 11 is 0. The Hall–Kier alpha value is -1.11. The van der Waals surface area contributed by atoms with Crippen LogP contribution in [0.15, 0.2) is 29.2 Å². The lowest BCUT2D eigenvalue weighted by Gasteiger charge is -2.26. The third-order valence-corrected chi connectivity index (χ3v) is 4.11. The van der Waals surface area contributed by atoms with E-state index in [1.54, 1.807) is 12.1 Å². The lowest BCUT2D eigenvalue weighted by molar-refractivity contribution is 0.183. The van der Waals surface area contributed by atoms with Gasteiger partial charge in [-0.2, -0.15) is 8.42 Å². The number of piperidine rings is 1. The molecule has 0 aromatic heterocycles. The van der Waals surface area contributed by atoms with Crippen molar-refractivity contribution in [1.29, 1.82) is 0 Å². The Morgan fingerprint density at radius 2 is 1.74 bits per heavy atom. The molecule has 0 aliphatic carbocycles. The van der Waals surface area contributed by atoms with Gasteiger partial charge in [0.15, 0.2) is 0 Å². The molecule has 0 unspecified atom stereocenters. The summed E-state index contributed by atoms with van der Waals surface area (Å²) in [6, 6.07) is 5.79. The van der Waals surface area contributed by atoms with Gasteiger partial charge < -0.3 is 4.74 Å². The number of benzene rings is 1. The minimum Gasteiger partial charge on any atom is -0.492 e. The molecule has 0 spiro atoms. The number of likely N-dealkylation sites (tertiary alicyclic amines) is 1. The summed E-state index contributed by atoms with van der Waals surface area (Å²) in [5.41, 5.74) is 0. The third kappa shape index (κ3) is 4.49. The zero-order chi connectivity index (χ0) is 13.7. The molecule has 1 saturated heterocycles. The zero-order valence-electron chi connectivity index (χ0n) is 10.8. The SMILES string of the molecule is O=S(=O)(O)c1ccc(OCCN2CCCCC2)cc1. The van der Waals surface area contributed by atoms with Crippen LogP contribution in [-0.2, 0) is 10.1 Å². The first-order valence-corrected chi connectivity index (χ1v) is 7.92. The highest BCUT2D eigenvalue weighted by atomic mass is 32.2. The molecule has 0 radical (unpaired) electrons. The van der Waals surface area contributed by atoms with E-state index >= 15 is 0 Å². The van der Waals surface area contributed by atoms with Crippen LogP contribution >= 0.6 is 0 Å². The van der Waals surface area contributed by atoms with E-state index in [-0.39, 0.29) is 4.90 Å². The van der Waals surface area contributed by atoms with E-state index in [4.69, 9.17) is 9.29 Å². The van der Waals surface area contributed by atoms with Gasteiger partial charge in [0.25, 0.3) is 10.1 Å². The Morgan fingerprint density at radius 1 is 1.11 bits per heavy atom. The van der Waals surface area contributed by atoms with E-state index < -0.39 is 10.1 Å². The molecule has 1 heterocycles. The number of hydrogen-bond donors (Lipinski definition) is 1. The van der Waals surface area contributed by atoms with E-state index in [1.807, 2.05) is 0 Å². The molecule has 0 atom stereocenters. The van der Waals surface area contributed by atoms with Crippen molar-refractivity contribution in [1.82, 2.24) is 4.90 Å². The van der Waals surface area contributed by atoms with Gasteiger partial charge in [0, 0.05) is 6.54 Å². The zero-order valence-corrected chi connectivity index (χ0v) is 11.6. The van der Waals surface area contributed by atoms with Crippen molar-refractivity contribution in [2.75, 3.05) is 26.2 Å². The molecule has 2 rings (SSSR count). The standard InChI is InChI=1S/C13H19NO4S/c15-19(16,17)13-6-4-12(5-7-13)18-11-10-14-8-2-1-3-9-14/h4-7H,1-3,8-11H2,(H,15,16,17). The van der Waals surface area contributed by atoms with Crippen LogP contribution in [0.3, 0.4) is 0 Å². The average Bonchev–Trinajstić information content (AvgIpc) is 2.39. The minimum absolute atomic E-state index is 0.115. The van der Waals surface area contributed by atoms with Crippen LogP contribution in [0.1, 0.15) is 19.3 Å². The average molecular weight is 285 g/mol. The van der Waals surface area contributed by atoms with E-state index in [2.05, 4.69) is 4.90 Å². The normalized spacial score (nSPS) is 17.3. The number of nitrogens with zero attached hydrogens (tertiary/aromatic N) is 1. The Morgan fingerprint density at radius 3 is 2.32 bits per heavy atom. The van der Waals surface area contributed by atoms with Crippen LogP contribution in [-0.4, -0.2) is 44.1 Å². The molecule has 1 aromatic rings. The third-order valence-electron chi connectivity index (χ3n) is 3.25. The highest BCUT2D eigenvalue weighted by Gasteiger charge is 2.10. The van der Waals surface area contributed by atoms with Crippen molar-refractivity contribution < 1.29 is 17.7 Å². The van der Waals surface area contributed by atoms with Gasteiger partial charge in [-0.05, 0) is 50.2 Å². The number of rotatable bonds is 5. The molecule has 5 nitrogen and oxygen atoms in total. The lowest BCUT2D eigenvalue weighted by atomic mass is 10.1. The molecule has 1 fully saturated rings. The van der Waals surface area contributed by atoms with Gasteiger partial charge >= 0.3 is 0 Å². The second-order valence-corrected chi connectivity index (χ2v) is 6.12. The molecule has 0 amide bonds. The van der Waals surface area contributed by atoms with Crippen molar-refractivity contribution in [2.24, 2.45) is 0 Å². The van der Waals surface area contributed by atoms with E-state index in [0.717, 1.165) is 19.6 Å². The molecule has 6 heteroatoms. The first-order chi connectivity index (χ1) is 9.05. The van der Waals surface area contributed by atoms with Crippen LogP contribution in [0, 0.1) is 0 Å². The summed E-state index contributed by atoms with van der Waals surface area (Å²) in [5, 5.41) is 0. The monoisotopic (exact) mass is 285 g/mol. The predicted octanol–water partition coefficient (Wildman–Crippen LogP) is 1.80. The molecule has 19 heavy (non-hydrogen) atoms. The van der Waals surface area contributed by atoms with Crippen molar-refractivity contribution in [3.05, 3.63) is 24.3 Å². The van der Waals surface area contributed by atoms with Gasteiger partial charge in [-0.25, -0.2) is 0 Å². The molecule has 1 aliphatic rings. The van der Waals surface area contributed by atoms with Gasteiger partial charge in [0.2, 0.25) is 0 Å². The van der Waals surface area contributed by atoms with Crippen LogP contribution in [0.25, 0.3) is 0 Å². The molecule has 106 valence electrons. The molecule has 1 aliphatic heterocycles. The number of hydrogen-bond acceptors (Lipinski definition) is 4. The highest BCUT2D eigenvalue weighted by molar-refractivity contribution is 7.85. The lowest BCUT2D eigenvalue weighted by Crippen LogP contribution is -2.33. The second kappa shape index (κ2) is 6.36. The van der Waals surface area contributed by atoms with Crippen LogP contribution in [0.2, 0.25) is 0 Å². The van der Waals surface area contributed by atoms with Crippen LogP contribution in [0.4, 0.5) is 0 Å². The van der Waals surface area contributed by atoms with Gasteiger partial charge in [0.05, 0.1) is 4.90 Å². The molecular weight excluding hydrogens is 266 g/mol. The summed E-state index contributed by atoms with van der Waals surface area (Å²) < 4.78 is 36.2. The van der Waals surface area contributed by atoms with E-state index in [1.165, 1.54) is 31.4 Å². The largest absolute Gasteiger partial charge is 0.492 e. The van der Waals surface area contributed by atoms with E-state index in [9.17, 15) is 8.42 Å². The van der Waals surface area contributed by atoms with Crippen molar-refractivity contribution >= 4 is 10.1 Å². The van der Waals surface area contributed by atoms with Crippen molar-refractivity contribution in [2.45, 2.75) is 24.2 Å². The Kier molecular flexibility index (Phi) is 4.79.